The van der Waals surface area contributed by atoms with Crippen LogP contribution in [0.1, 0.15) is 47.8 Å². The van der Waals surface area contributed by atoms with Crippen LogP contribution >= 0.6 is 0 Å². The molecule has 0 aliphatic carbocycles. The van der Waals surface area contributed by atoms with Crippen LogP contribution in [0.5, 0.6) is 0 Å². The number of benzene rings is 1. The summed E-state index contributed by atoms with van der Waals surface area (Å²) in [5.41, 5.74) is 3.03. The Labute approximate surface area is 165 Å². The van der Waals surface area contributed by atoms with E-state index < -0.39 is 0 Å². The lowest BCUT2D eigenvalue weighted by Crippen LogP contribution is -2.38. The maximum atomic E-state index is 13.7. The molecule has 0 spiro atoms. The fourth-order valence-corrected chi connectivity index (χ4v) is 4.16. The number of carbonyl (C=O) groups excluding carboxylic acids is 1. The van der Waals surface area contributed by atoms with E-state index >= 15 is 0 Å². The van der Waals surface area contributed by atoms with Crippen LogP contribution in [-0.2, 0) is 24.2 Å². The Hall–Kier alpha value is -2.34. The van der Waals surface area contributed by atoms with Crippen molar-refractivity contribution >= 4 is 5.91 Å². The molecule has 2 aromatic rings. The lowest BCUT2D eigenvalue weighted by atomic mass is 9.95. The van der Waals surface area contributed by atoms with Crippen LogP contribution in [0.3, 0.4) is 0 Å². The highest BCUT2D eigenvalue weighted by Gasteiger charge is 2.26. The maximum absolute atomic E-state index is 13.7. The maximum Gasteiger partial charge on any atom is 0.222 e. The molecule has 6 heteroatoms. The van der Waals surface area contributed by atoms with Crippen LogP contribution in [0.2, 0.25) is 0 Å². The number of nitrogens with zero attached hydrogens (tertiary/aromatic N) is 4. The molecule has 1 fully saturated rings. The number of piperidine rings is 1. The predicted octanol–water partition coefficient (Wildman–Crippen LogP) is 2.94. The Kier molecular flexibility index (Phi) is 5.67. The van der Waals surface area contributed by atoms with Gasteiger partial charge >= 0.3 is 0 Å². The van der Waals surface area contributed by atoms with Crippen molar-refractivity contribution in [3.05, 3.63) is 58.9 Å². The standard InChI is InChI=1S/C22H27FN4O/c1-26-11-10-20-18(15-26)14-24-22(25-20)17-8-12-27(13-9-17)21(28)7-6-16-4-2-3-5-19(16)23/h2-5,14,17H,6-13,15H2,1H3. The fourth-order valence-electron chi connectivity index (χ4n) is 4.16. The van der Waals surface area contributed by atoms with Crippen molar-refractivity contribution in [2.24, 2.45) is 0 Å². The Bertz CT molecular complexity index is 848. The molecule has 0 N–H and O–H groups in total. The number of carbonyl (C=O) groups is 1. The second kappa shape index (κ2) is 8.35. The first-order chi connectivity index (χ1) is 13.6. The van der Waals surface area contributed by atoms with E-state index in [4.69, 9.17) is 4.98 Å². The van der Waals surface area contributed by atoms with Crippen molar-refractivity contribution in [2.75, 3.05) is 26.7 Å². The smallest absolute Gasteiger partial charge is 0.222 e. The topological polar surface area (TPSA) is 49.3 Å². The first-order valence-electron chi connectivity index (χ1n) is 10.1. The van der Waals surface area contributed by atoms with Crippen LogP contribution in [0.4, 0.5) is 4.39 Å². The van der Waals surface area contributed by atoms with Gasteiger partial charge in [0.1, 0.15) is 11.6 Å². The van der Waals surface area contributed by atoms with E-state index in [1.54, 1.807) is 12.1 Å². The van der Waals surface area contributed by atoms with E-state index in [9.17, 15) is 9.18 Å². The lowest BCUT2D eigenvalue weighted by Gasteiger charge is -2.32. The molecular formula is C22H27FN4O. The number of likely N-dealkylation sites (N-methyl/N-ethyl adjacent to an activating group) is 1. The van der Waals surface area contributed by atoms with Crippen LogP contribution in [0.15, 0.2) is 30.5 Å². The molecule has 1 aromatic carbocycles. The van der Waals surface area contributed by atoms with E-state index in [0.717, 1.165) is 51.3 Å². The van der Waals surface area contributed by atoms with E-state index in [0.29, 0.717) is 24.3 Å². The molecule has 1 amide bonds. The largest absolute Gasteiger partial charge is 0.343 e. The molecule has 1 aromatic heterocycles. The number of fused-ring (bicyclic) bond motifs is 1. The predicted molar refractivity (Wildman–Crippen MR) is 105 cm³/mol. The lowest BCUT2D eigenvalue weighted by molar-refractivity contribution is -0.132. The molecule has 0 atom stereocenters. The summed E-state index contributed by atoms with van der Waals surface area (Å²) in [4.78, 5) is 26.2. The summed E-state index contributed by atoms with van der Waals surface area (Å²) in [7, 11) is 2.12. The molecular weight excluding hydrogens is 355 g/mol. The van der Waals surface area contributed by atoms with Gasteiger partial charge < -0.3 is 9.80 Å². The number of aromatic nitrogens is 2. The van der Waals surface area contributed by atoms with Gasteiger partial charge in [0.15, 0.2) is 0 Å². The molecule has 148 valence electrons. The number of aryl methyl sites for hydroxylation is 1. The van der Waals surface area contributed by atoms with Crippen molar-refractivity contribution in [1.29, 1.82) is 0 Å². The van der Waals surface area contributed by atoms with Gasteiger partial charge in [-0.3, -0.25) is 4.79 Å². The average molecular weight is 382 g/mol. The number of hydrogen-bond donors (Lipinski definition) is 0. The third-order valence-corrected chi connectivity index (χ3v) is 5.92. The van der Waals surface area contributed by atoms with Crippen LogP contribution in [-0.4, -0.2) is 52.4 Å². The quantitative estimate of drug-likeness (QED) is 0.816. The highest BCUT2D eigenvalue weighted by atomic mass is 19.1. The first-order valence-corrected chi connectivity index (χ1v) is 10.1. The van der Waals surface area contributed by atoms with E-state index in [-0.39, 0.29) is 11.7 Å². The van der Waals surface area contributed by atoms with Crippen molar-refractivity contribution in [3.63, 3.8) is 0 Å². The molecule has 0 bridgehead atoms. The molecule has 2 aliphatic rings. The van der Waals surface area contributed by atoms with E-state index in [1.807, 2.05) is 17.2 Å². The van der Waals surface area contributed by atoms with Gasteiger partial charge in [0, 0.05) is 62.4 Å². The zero-order valence-corrected chi connectivity index (χ0v) is 16.4. The van der Waals surface area contributed by atoms with Crippen molar-refractivity contribution in [2.45, 2.75) is 44.6 Å². The first kappa shape index (κ1) is 19.0. The number of halogens is 1. The second-order valence-corrected chi connectivity index (χ2v) is 7.93. The molecule has 1 saturated heterocycles. The summed E-state index contributed by atoms with van der Waals surface area (Å²) in [6, 6.07) is 6.68. The molecule has 3 heterocycles. The highest BCUT2D eigenvalue weighted by molar-refractivity contribution is 5.76. The molecule has 28 heavy (non-hydrogen) atoms. The van der Waals surface area contributed by atoms with E-state index in [2.05, 4.69) is 16.9 Å². The molecule has 0 radical (unpaired) electrons. The summed E-state index contributed by atoms with van der Waals surface area (Å²) in [5, 5.41) is 0. The summed E-state index contributed by atoms with van der Waals surface area (Å²) in [6.45, 7) is 3.41. The van der Waals surface area contributed by atoms with E-state index in [1.165, 1.54) is 17.3 Å². The number of hydrogen-bond acceptors (Lipinski definition) is 4. The van der Waals surface area contributed by atoms with Crippen LogP contribution in [0, 0.1) is 5.82 Å². The third kappa shape index (κ3) is 4.22. The van der Waals surface area contributed by atoms with Gasteiger partial charge in [0.05, 0.1) is 0 Å². The van der Waals surface area contributed by atoms with Crippen LogP contribution in [0.25, 0.3) is 0 Å². The molecule has 4 rings (SSSR count). The monoisotopic (exact) mass is 382 g/mol. The number of rotatable bonds is 4. The average Bonchev–Trinajstić information content (AvgIpc) is 2.72. The van der Waals surface area contributed by atoms with Crippen molar-refractivity contribution in [3.8, 4) is 0 Å². The third-order valence-electron chi connectivity index (χ3n) is 5.92. The van der Waals surface area contributed by atoms with Gasteiger partial charge in [-0.25, -0.2) is 14.4 Å². The minimum atomic E-state index is -0.232. The van der Waals surface area contributed by atoms with Gasteiger partial charge in [0.2, 0.25) is 5.91 Å². The molecule has 5 nitrogen and oxygen atoms in total. The van der Waals surface area contributed by atoms with Crippen molar-refractivity contribution in [1.82, 2.24) is 19.8 Å². The fraction of sp³-hybridized carbons (Fsp3) is 0.500. The normalized spacial score (nSPS) is 18.1. The minimum absolute atomic E-state index is 0.107. The Morgan fingerprint density at radius 1 is 1.21 bits per heavy atom. The summed E-state index contributed by atoms with van der Waals surface area (Å²) < 4.78 is 13.7. The van der Waals surface area contributed by atoms with Gasteiger partial charge in [-0.2, -0.15) is 0 Å². The number of amides is 1. The summed E-state index contributed by atoms with van der Waals surface area (Å²) in [6.07, 6.45) is 5.56. The Morgan fingerprint density at radius 2 is 2.00 bits per heavy atom. The van der Waals surface area contributed by atoms with Gasteiger partial charge in [-0.15, -0.1) is 0 Å². The van der Waals surface area contributed by atoms with Gasteiger partial charge in [-0.1, -0.05) is 18.2 Å². The summed E-state index contributed by atoms with van der Waals surface area (Å²) in [5.74, 6) is 1.13. The van der Waals surface area contributed by atoms with Crippen molar-refractivity contribution < 1.29 is 9.18 Å². The highest BCUT2D eigenvalue weighted by Crippen LogP contribution is 2.27. The minimum Gasteiger partial charge on any atom is -0.343 e. The zero-order valence-electron chi connectivity index (χ0n) is 16.4. The Balaban J connectivity index is 1.31. The molecule has 2 aliphatic heterocycles. The summed E-state index contributed by atoms with van der Waals surface area (Å²) >= 11 is 0. The molecule has 0 saturated carbocycles. The Morgan fingerprint density at radius 3 is 2.79 bits per heavy atom. The second-order valence-electron chi connectivity index (χ2n) is 7.93. The van der Waals surface area contributed by atoms with Gasteiger partial charge in [0.25, 0.3) is 0 Å². The SMILES string of the molecule is CN1CCc2nc(C3CCN(C(=O)CCc4ccccc4F)CC3)ncc2C1. The van der Waals surface area contributed by atoms with Crippen LogP contribution < -0.4 is 0 Å². The molecule has 0 unspecified atom stereocenters. The number of likely N-dealkylation sites (tertiary alicyclic amines) is 1. The zero-order chi connectivity index (χ0) is 19.5. The van der Waals surface area contributed by atoms with Gasteiger partial charge in [-0.05, 0) is 37.9 Å².